The Balaban J connectivity index is 4.81. The van der Waals surface area contributed by atoms with E-state index in [1.54, 1.807) is 41.5 Å². The summed E-state index contributed by atoms with van der Waals surface area (Å²) in [5.74, 6) is -0.669. The lowest BCUT2D eigenvalue weighted by Crippen LogP contribution is -2.53. The number of carbonyl (C=O) groups is 3. The van der Waals surface area contributed by atoms with Gasteiger partial charge in [-0.2, -0.15) is 0 Å². The van der Waals surface area contributed by atoms with Crippen LogP contribution in [0.3, 0.4) is 0 Å². The van der Waals surface area contributed by atoms with Crippen LogP contribution in [0.25, 0.3) is 0 Å². The number of nitrogens with zero attached hydrogens (tertiary/aromatic N) is 1. The van der Waals surface area contributed by atoms with Gasteiger partial charge in [-0.15, -0.1) is 0 Å². The molecule has 0 aromatic rings. The Morgan fingerprint density at radius 1 is 1.04 bits per heavy atom. The van der Waals surface area contributed by atoms with Gasteiger partial charge in [0, 0.05) is 19.6 Å². The van der Waals surface area contributed by atoms with Crippen LogP contribution >= 0.6 is 0 Å². The van der Waals surface area contributed by atoms with E-state index in [0.717, 1.165) is 4.90 Å². The van der Waals surface area contributed by atoms with E-state index in [1.807, 2.05) is 0 Å². The van der Waals surface area contributed by atoms with Crippen LogP contribution in [-0.4, -0.2) is 59.9 Å². The number of rotatable bonds is 5. The van der Waals surface area contributed by atoms with Gasteiger partial charge in [-0.25, -0.2) is 14.5 Å². The van der Waals surface area contributed by atoms with Crippen molar-refractivity contribution in [3.8, 4) is 0 Å². The second-order valence-electron chi connectivity index (χ2n) is 7.24. The molecule has 0 aliphatic rings. The predicted octanol–water partition coefficient (Wildman–Crippen LogP) is 0.561. The normalized spacial score (nSPS) is 13.0. The molecule has 0 aliphatic carbocycles. The van der Waals surface area contributed by atoms with Crippen molar-refractivity contribution >= 4 is 18.1 Å². The number of hydrogen-bond acceptors (Lipinski definition) is 7. The van der Waals surface area contributed by atoms with Gasteiger partial charge >= 0.3 is 12.2 Å². The zero-order valence-electron chi connectivity index (χ0n) is 15.3. The Labute approximate surface area is 143 Å². The highest BCUT2D eigenvalue weighted by atomic mass is 16.6. The Bertz CT molecular complexity index is 454. The first-order chi connectivity index (χ1) is 10.8. The van der Waals surface area contributed by atoms with Gasteiger partial charge < -0.3 is 26.3 Å². The summed E-state index contributed by atoms with van der Waals surface area (Å²) in [6.07, 6.45) is -1.50. The van der Waals surface area contributed by atoms with Gasteiger partial charge in [0.2, 0.25) is 5.91 Å². The van der Waals surface area contributed by atoms with Gasteiger partial charge in [0.1, 0.15) is 11.2 Å². The molecule has 0 aromatic heterocycles. The summed E-state index contributed by atoms with van der Waals surface area (Å²) < 4.78 is 10.3. The minimum absolute atomic E-state index is 0.00279. The van der Waals surface area contributed by atoms with Crippen LogP contribution in [0.1, 0.15) is 41.5 Å². The van der Waals surface area contributed by atoms with Gasteiger partial charge in [-0.1, -0.05) is 0 Å². The summed E-state index contributed by atoms with van der Waals surface area (Å²) in [6.45, 7) is 9.98. The lowest BCUT2D eigenvalue weighted by atomic mass is 10.2. The van der Waals surface area contributed by atoms with E-state index in [-0.39, 0.29) is 19.6 Å². The van der Waals surface area contributed by atoms with Crippen LogP contribution in [0.2, 0.25) is 0 Å². The number of alkyl carbamates (subject to hydrolysis) is 1. The zero-order chi connectivity index (χ0) is 19.1. The maximum Gasteiger partial charge on any atom is 0.417 e. The second kappa shape index (κ2) is 8.84. The Kier molecular flexibility index (Phi) is 8.15. The molecule has 0 rings (SSSR count). The summed E-state index contributed by atoms with van der Waals surface area (Å²) in [7, 11) is 0. The van der Waals surface area contributed by atoms with Crippen molar-refractivity contribution in [3.05, 3.63) is 0 Å². The fraction of sp³-hybridized carbons (Fsp3) is 0.800. The molecular weight excluding hydrogens is 316 g/mol. The van der Waals surface area contributed by atoms with Crippen LogP contribution in [0.5, 0.6) is 0 Å². The van der Waals surface area contributed by atoms with Gasteiger partial charge in [-0.3, -0.25) is 4.79 Å². The first-order valence-corrected chi connectivity index (χ1v) is 7.73. The number of nitrogens with two attached hydrogens (primary N) is 2. The highest BCUT2D eigenvalue weighted by Gasteiger charge is 2.30. The number of ether oxygens (including phenoxy) is 2. The van der Waals surface area contributed by atoms with Gasteiger partial charge in [0.05, 0.1) is 6.04 Å². The van der Waals surface area contributed by atoms with Crippen LogP contribution in [0, 0.1) is 0 Å². The average Bonchev–Trinajstić information content (AvgIpc) is 2.37. The molecule has 0 bridgehead atoms. The quantitative estimate of drug-likeness (QED) is 0.661. The molecule has 1 atom stereocenters. The van der Waals surface area contributed by atoms with Crippen LogP contribution in [0.4, 0.5) is 9.59 Å². The number of carbonyl (C=O) groups excluding carboxylic acids is 3. The molecule has 140 valence electrons. The maximum absolute atomic E-state index is 12.2. The molecule has 5 N–H and O–H groups in total. The van der Waals surface area contributed by atoms with E-state index in [4.69, 9.17) is 20.9 Å². The van der Waals surface area contributed by atoms with Crippen LogP contribution in [-0.2, 0) is 14.3 Å². The number of nitrogens with one attached hydrogen (secondary N) is 1. The van der Waals surface area contributed by atoms with E-state index in [2.05, 4.69) is 5.32 Å². The molecule has 0 aliphatic heterocycles. The minimum atomic E-state index is -1.03. The standard InChI is InChI=1S/C15H30N4O5/c1-14(2,3)23-12(21)18-7-8-19(11(20)10(17)9-16)13(22)24-15(4,5)6/h10H,7-9,16-17H2,1-6H3,(H,18,21)/t10-/m0/s1. The van der Waals surface area contributed by atoms with Crippen LogP contribution < -0.4 is 16.8 Å². The molecule has 0 spiro atoms. The number of imide groups is 1. The topological polar surface area (TPSA) is 137 Å². The van der Waals surface area contributed by atoms with E-state index in [0.29, 0.717) is 0 Å². The van der Waals surface area contributed by atoms with Gasteiger partial charge in [0.25, 0.3) is 0 Å². The molecule has 0 heterocycles. The summed E-state index contributed by atoms with van der Waals surface area (Å²) in [4.78, 5) is 36.8. The third-order valence-corrected chi connectivity index (χ3v) is 2.45. The molecule has 0 fully saturated rings. The summed E-state index contributed by atoms with van der Waals surface area (Å²) in [5, 5.41) is 2.46. The monoisotopic (exact) mass is 346 g/mol. The maximum atomic E-state index is 12.2. The molecule has 9 nitrogen and oxygen atoms in total. The fourth-order valence-electron chi connectivity index (χ4n) is 1.49. The van der Waals surface area contributed by atoms with Crippen molar-refractivity contribution in [1.82, 2.24) is 10.2 Å². The minimum Gasteiger partial charge on any atom is -0.444 e. The van der Waals surface area contributed by atoms with Crippen molar-refractivity contribution in [2.24, 2.45) is 11.5 Å². The van der Waals surface area contributed by atoms with Crippen LogP contribution in [0.15, 0.2) is 0 Å². The van der Waals surface area contributed by atoms with Crippen molar-refractivity contribution in [1.29, 1.82) is 0 Å². The molecule has 9 heteroatoms. The highest BCUT2D eigenvalue weighted by Crippen LogP contribution is 2.11. The molecular formula is C15H30N4O5. The first kappa shape index (κ1) is 22.1. The smallest absolute Gasteiger partial charge is 0.417 e. The van der Waals surface area contributed by atoms with E-state index < -0.39 is 35.3 Å². The lowest BCUT2D eigenvalue weighted by Gasteiger charge is -2.27. The van der Waals surface area contributed by atoms with Crippen molar-refractivity contribution in [2.75, 3.05) is 19.6 Å². The van der Waals surface area contributed by atoms with Gasteiger partial charge in [-0.05, 0) is 41.5 Å². The Morgan fingerprint density at radius 2 is 1.54 bits per heavy atom. The molecule has 0 saturated heterocycles. The average molecular weight is 346 g/mol. The molecule has 0 saturated carbocycles. The van der Waals surface area contributed by atoms with E-state index in [9.17, 15) is 14.4 Å². The summed E-state index contributed by atoms with van der Waals surface area (Å²) in [6, 6.07) is -1.03. The molecule has 0 aromatic carbocycles. The second-order valence-corrected chi connectivity index (χ2v) is 7.24. The molecule has 0 unspecified atom stereocenters. The zero-order valence-corrected chi connectivity index (χ0v) is 15.3. The van der Waals surface area contributed by atoms with Crippen molar-refractivity contribution in [3.63, 3.8) is 0 Å². The third-order valence-electron chi connectivity index (χ3n) is 2.45. The predicted molar refractivity (Wildman–Crippen MR) is 89.2 cm³/mol. The van der Waals surface area contributed by atoms with E-state index >= 15 is 0 Å². The SMILES string of the molecule is CC(C)(C)OC(=O)NCCN(C(=O)OC(C)(C)C)C(=O)[C@@H](N)CN. The van der Waals surface area contributed by atoms with Crippen molar-refractivity contribution < 1.29 is 23.9 Å². The highest BCUT2D eigenvalue weighted by molar-refractivity contribution is 5.95. The molecule has 24 heavy (non-hydrogen) atoms. The van der Waals surface area contributed by atoms with E-state index in [1.165, 1.54) is 0 Å². The lowest BCUT2D eigenvalue weighted by molar-refractivity contribution is -0.131. The summed E-state index contributed by atoms with van der Waals surface area (Å²) in [5.41, 5.74) is 9.54. The summed E-state index contributed by atoms with van der Waals surface area (Å²) >= 11 is 0. The Morgan fingerprint density at radius 3 is 1.96 bits per heavy atom. The largest absolute Gasteiger partial charge is 0.444 e. The van der Waals surface area contributed by atoms with Crippen molar-refractivity contribution in [2.45, 2.75) is 58.8 Å². The molecule has 0 radical (unpaired) electrons. The Hall–Kier alpha value is -1.87. The third kappa shape index (κ3) is 9.31. The molecule has 3 amide bonds. The number of hydrogen-bond donors (Lipinski definition) is 3. The number of amides is 3. The van der Waals surface area contributed by atoms with Gasteiger partial charge in [0.15, 0.2) is 0 Å². The first-order valence-electron chi connectivity index (χ1n) is 7.73. The fourth-order valence-corrected chi connectivity index (χ4v) is 1.49.